The second-order valence-electron chi connectivity index (χ2n) is 5.76. The fourth-order valence-electron chi connectivity index (χ4n) is 2.67. The molecule has 132 valence electrons. The van der Waals surface area contributed by atoms with E-state index >= 15 is 0 Å². The first-order valence-electron chi connectivity index (χ1n) is 8.14. The number of nitrogens with one attached hydrogen (secondary N) is 2. The molecule has 0 atom stereocenters. The lowest BCUT2D eigenvalue weighted by Gasteiger charge is -2.23. The lowest BCUT2D eigenvalue weighted by molar-refractivity contribution is 0.600. The molecule has 2 aromatic rings. The van der Waals surface area contributed by atoms with Crippen LogP contribution in [0.25, 0.3) is 0 Å². The summed E-state index contributed by atoms with van der Waals surface area (Å²) < 4.78 is 27.5. The Bertz CT molecular complexity index is 743. The average Bonchev–Trinajstić information content (AvgIpc) is 2.87. The van der Waals surface area contributed by atoms with Gasteiger partial charge in [-0.15, -0.1) is 0 Å². The van der Waals surface area contributed by atoms with Gasteiger partial charge in [-0.1, -0.05) is 13.8 Å². The molecule has 0 radical (unpaired) electrons. The quantitative estimate of drug-likeness (QED) is 0.763. The van der Waals surface area contributed by atoms with E-state index in [4.69, 9.17) is 0 Å². The maximum absolute atomic E-state index is 12.5. The normalized spacial score (nSPS) is 11.5. The van der Waals surface area contributed by atoms with Gasteiger partial charge in [-0.25, -0.2) is 13.4 Å². The molecule has 0 aliphatic carbocycles. The van der Waals surface area contributed by atoms with Crippen LogP contribution in [-0.2, 0) is 10.0 Å². The number of H-pyrrole nitrogens is 1. The number of sulfonamides is 1. The van der Waals surface area contributed by atoms with Gasteiger partial charge in [-0.3, -0.25) is 9.82 Å². The molecule has 0 fully saturated rings. The van der Waals surface area contributed by atoms with Crippen molar-refractivity contribution in [1.82, 2.24) is 15.2 Å². The number of pyridine rings is 1. The molecule has 24 heavy (non-hydrogen) atoms. The summed E-state index contributed by atoms with van der Waals surface area (Å²) in [6.45, 7) is 9.50. The summed E-state index contributed by atoms with van der Waals surface area (Å²) in [4.78, 5) is 6.67. The Morgan fingerprint density at radius 3 is 2.29 bits per heavy atom. The van der Waals surface area contributed by atoms with Crippen LogP contribution in [0.3, 0.4) is 0 Å². The van der Waals surface area contributed by atoms with Crippen molar-refractivity contribution in [2.24, 2.45) is 0 Å². The molecule has 0 bridgehead atoms. The van der Waals surface area contributed by atoms with Crippen LogP contribution < -0.4 is 9.62 Å². The second-order valence-corrected chi connectivity index (χ2v) is 7.38. The lowest BCUT2D eigenvalue weighted by Crippen LogP contribution is -2.25. The van der Waals surface area contributed by atoms with Gasteiger partial charge >= 0.3 is 0 Å². The van der Waals surface area contributed by atoms with Crippen LogP contribution in [0.4, 0.5) is 11.5 Å². The third kappa shape index (κ3) is 4.05. The molecule has 0 unspecified atom stereocenters. The minimum atomic E-state index is -3.70. The number of anilines is 2. The minimum absolute atomic E-state index is 0.173. The predicted octanol–water partition coefficient (Wildman–Crippen LogP) is 2.85. The van der Waals surface area contributed by atoms with Gasteiger partial charge in [0, 0.05) is 13.1 Å². The van der Waals surface area contributed by atoms with E-state index in [2.05, 4.69) is 38.7 Å². The van der Waals surface area contributed by atoms with Gasteiger partial charge in [-0.05, 0) is 38.8 Å². The van der Waals surface area contributed by atoms with E-state index in [-0.39, 0.29) is 4.90 Å². The highest BCUT2D eigenvalue weighted by Gasteiger charge is 2.22. The Morgan fingerprint density at radius 2 is 1.83 bits per heavy atom. The average molecular weight is 351 g/mol. The number of hydrogen-bond donors (Lipinski definition) is 2. The summed E-state index contributed by atoms with van der Waals surface area (Å²) in [6.07, 6.45) is 3.80. The van der Waals surface area contributed by atoms with Crippen molar-refractivity contribution in [1.29, 1.82) is 0 Å². The smallest absolute Gasteiger partial charge is 0.266 e. The van der Waals surface area contributed by atoms with Gasteiger partial charge in [0.1, 0.15) is 10.7 Å². The standard InChI is InChI=1S/C16H25N5O2S/c1-5-9-21(10-6-2)14-7-8-15(17-11-14)20-24(22,23)16-12(3)18-19-13(16)4/h7-8,11H,5-6,9-10H2,1-4H3,(H,17,20)(H,18,19). The summed E-state index contributed by atoms with van der Waals surface area (Å²) in [5.74, 6) is 0.298. The molecule has 0 aliphatic heterocycles. The highest BCUT2D eigenvalue weighted by atomic mass is 32.2. The number of aromatic amines is 1. The highest BCUT2D eigenvalue weighted by Crippen LogP contribution is 2.21. The first kappa shape index (κ1) is 18.3. The molecule has 2 aromatic heterocycles. The van der Waals surface area contributed by atoms with Crippen molar-refractivity contribution in [3.63, 3.8) is 0 Å². The van der Waals surface area contributed by atoms with Crippen molar-refractivity contribution < 1.29 is 8.42 Å². The lowest BCUT2D eigenvalue weighted by atomic mass is 10.3. The van der Waals surface area contributed by atoms with E-state index < -0.39 is 10.0 Å². The molecule has 2 heterocycles. The van der Waals surface area contributed by atoms with Crippen LogP contribution in [0.1, 0.15) is 38.1 Å². The van der Waals surface area contributed by atoms with E-state index in [0.29, 0.717) is 17.2 Å². The maximum Gasteiger partial charge on any atom is 0.266 e. The van der Waals surface area contributed by atoms with Crippen molar-refractivity contribution in [3.8, 4) is 0 Å². The minimum Gasteiger partial charge on any atom is -0.370 e. The molecule has 7 nitrogen and oxygen atoms in total. The largest absolute Gasteiger partial charge is 0.370 e. The molecule has 0 aromatic carbocycles. The first-order valence-corrected chi connectivity index (χ1v) is 9.62. The fourth-order valence-corrected chi connectivity index (χ4v) is 4.05. The number of hydrogen-bond acceptors (Lipinski definition) is 5. The summed E-state index contributed by atoms with van der Waals surface area (Å²) in [6, 6.07) is 3.58. The molecular weight excluding hydrogens is 326 g/mol. The molecule has 8 heteroatoms. The summed E-state index contributed by atoms with van der Waals surface area (Å²) in [5, 5.41) is 6.62. The van der Waals surface area contributed by atoms with E-state index in [0.717, 1.165) is 31.6 Å². The zero-order chi connectivity index (χ0) is 17.7. The van der Waals surface area contributed by atoms with Crippen molar-refractivity contribution >= 4 is 21.5 Å². The van der Waals surface area contributed by atoms with Crippen LogP contribution in [0.5, 0.6) is 0 Å². The van der Waals surface area contributed by atoms with E-state index in [1.54, 1.807) is 26.1 Å². The Kier molecular flexibility index (Phi) is 5.82. The molecule has 0 saturated heterocycles. The monoisotopic (exact) mass is 351 g/mol. The molecule has 2 rings (SSSR count). The van der Waals surface area contributed by atoms with Gasteiger partial charge in [0.15, 0.2) is 0 Å². The van der Waals surface area contributed by atoms with E-state index in [1.165, 1.54) is 0 Å². The van der Waals surface area contributed by atoms with Crippen LogP contribution in [0.15, 0.2) is 23.2 Å². The van der Waals surface area contributed by atoms with Crippen molar-refractivity contribution in [2.75, 3.05) is 22.7 Å². The second kappa shape index (κ2) is 7.65. The Balaban J connectivity index is 2.19. The van der Waals surface area contributed by atoms with Gasteiger partial charge in [0.2, 0.25) is 0 Å². The van der Waals surface area contributed by atoms with Gasteiger partial charge in [-0.2, -0.15) is 5.10 Å². The maximum atomic E-state index is 12.5. The SMILES string of the molecule is CCCN(CCC)c1ccc(NS(=O)(=O)c2c(C)n[nH]c2C)nc1. The van der Waals surface area contributed by atoms with E-state index in [1.807, 2.05) is 6.07 Å². The number of rotatable bonds is 8. The predicted molar refractivity (Wildman–Crippen MR) is 95.9 cm³/mol. The van der Waals surface area contributed by atoms with Crippen LogP contribution >= 0.6 is 0 Å². The van der Waals surface area contributed by atoms with Crippen LogP contribution in [0.2, 0.25) is 0 Å². The van der Waals surface area contributed by atoms with Gasteiger partial charge < -0.3 is 4.90 Å². The zero-order valence-corrected chi connectivity index (χ0v) is 15.4. The van der Waals surface area contributed by atoms with Crippen LogP contribution in [-0.4, -0.2) is 36.7 Å². The van der Waals surface area contributed by atoms with Gasteiger partial charge in [0.25, 0.3) is 10.0 Å². The fraction of sp³-hybridized carbons (Fsp3) is 0.500. The summed E-state index contributed by atoms with van der Waals surface area (Å²) in [7, 11) is -3.70. The number of aromatic nitrogens is 3. The number of aryl methyl sites for hydroxylation is 2. The first-order chi connectivity index (χ1) is 11.4. The van der Waals surface area contributed by atoms with E-state index in [9.17, 15) is 8.42 Å². The van der Waals surface area contributed by atoms with Crippen LogP contribution in [0, 0.1) is 13.8 Å². The molecular formula is C16H25N5O2S. The third-order valence-electron chi connectivity index (χ3n) is 3.67. The Morgan fingerprint density at radius 1 is 1.17 bits per heavy atom. The third-order valence-corrected chi connectivity index (χ3v) is 5.29. The molecule has 0 spiro atoms. The molecule has 2 N–H and O–H groups in total. The molecule has 0 aliphatic rings. The highest BCUT2D eigenvalue weighted by molar-refractivity contribution is 7.92. The van der Waals surface area contributed by atoms with Gasteiger partial charge in [0.05, 0.1) is 23.3 Å². The Labute approximate surface area is 143 Å². The zero-order valence-electron chi connectivity index (χ0n) is 14.6. The Hall–Kier alpha value is -2.09. The summed E-state index contributed by atoms with van der Waals surface area (Å²) in [5.41, 5.74) is 1.94. The topological polar surface area (TPSA) is 91.0 Å². The molecule has 0 amide bonds. The van der Waals surface area contributed by atoms with Crippen molar-refractivity contribution in [3.05, 3.63) is 29.7 Å². The number of nitrogens with zero attached hydrogens (tertiary/aromatic N) is 3. The molecule has 0 saturated carbocycles. The summed E-state index contributed by atoms with van der Waals surface area (Å²) >= 11 is 0. The van der Waals surface area contributed by atoms with Crippen molar-refractivity contribution in [2.45, 2.75) is 45.4 Å².